The summed E-state index contributed by atoms with van der Waals surface area (Å²) in [6.45, 7) is 2.70. The number of carbonyl (C=O) groups excluding carboxylic acids is 1. The maximum atomic E-state index is 11.9. The van der Waals surface area contributed by atoms with Crippen molar-refractivity contribution in [1.82, 2.24) is 10.6 Å². The van der Waals surface area contributed by atoms with Crippen molar-refractivity contribution < 1.29 is 9.53 Å². The van der Waals surface area contributed by atoms with E-state index in [-0.39, 0.29) is 5.91 Å². The van der Waals surface area contributed by atoms with Crippen molar-refractivity contribution in [2.45, 2.75) is 0 Å². The van der Waals surface area contributed by atoms with Crippen LogP contribution in [0.5, 0.6) is 0 Å². The minimum Gasteiger partial charge on any atom is -0.383 e. The van der Waals surface area contributed by atoms with Crippen LogP contribution in [0.15, 0.2) is 18.2 Å². The number of ether oxygens (including phenoxy) is 1. The molecule has 1 rings (SSSR count). The number of hydrogen-bond donors (Lipinski definition) is 2. The van der Waals surface area contributed by atoms with Crippen LogP contribution in [-0.4, -0.2) is 39.3 Å². The summed E-state index contributed by atoms with van der Waals surface area (Å²) in [5.74, 6) is -0.146. The van der Waals surface area contributed by atoms with E-state index in [1.165, 1.54) is 0 Å². The lowest BCUT2D eigenvalue weighted by molar-refractivity contribution is 0.0954. The summed E-state index contributed by atoms with van der Waals surface area (Å²) < 4.78 is 5.89. The molecule has 0 bridgehead atoms. The number of nitrogens with one attached hydrogen (secondary N) is 2. The highest BCUT2D eigenvalue weighted by molar-refractivity contribution is 14.1. The smallest absolute Gasteiger partial charge is 0.252 e. The van der Waals surface area contributed by atoms with Crippen molar-refractivity contribution in [2.24, 2.45) is 0 Å². The first-order chi connectivity index (χ1) is 8.65. The largest absolute Gasteiger partial charge is 0.383 e. The maximum absolute atomic E-state index is 11.9. The molecule has 0 radical (unpaired) electrons. The molecule has 0 atom stereocenters. The second-order valence-electron chi connectivity index (χ2n) is 3.62. The Balaban J connectivity index is 2.34. The van der Waals surface area contributed by atoms with Crippen LogP contribution in [0.4, 0.5) is 0 Å². The van der Waals surface area contributed by atoms with Gasteiger partial charge in [0, 0.05) is 30.3 Å². The highest BCUT2D eigenvalue weighted by Crippen LogP contribution is 2.18. The fourth-order valence-corrected chi connectivity index (χ4v) is 2.02. The third-order valence-electron chi connectivity index (χ3n) is 2.24. The SMILES string of the molecule is COCCNCCNC(=O)c1cc(I)ccc1Cl. The van der Waals surface area contributed by atoms with Gasteiger partial charge in [0.2, 0.25) is 0 Å². The second-order valence-corrected chi connectivity index (χ2v) is 5.28. The standard InChI is InChI=1S/C12H16ClIN2O2/c1-18-7-6-15-4-5-16-12(17)10-8-9(14)2-3-11(10)13/h2-3,8,15H,4-7H2,1H3,(H,16,17). The zero-order chi connectivity index (χ0) is 13.4. The summed E-state index contributed by atoms with van der Waals surface area (Å²) in [6.07, 6.45) is 0. The maximum Gasteiger partial charge on any atom is 0.252 e. The molecule has 0 aliphatic carbocycles. The van der Waals surface area contributed by atoms with Gasteiger partial charge >= 0.3 is 0 Å². The van der Waals surface area contributed by atoms with E-state index in [9.17, 15) is 4.79 Å². The lowest BCUT2D eigenvalue weighted by Crippen LogP contribution is -2.33. The first kappa shape index (κ1) is 15.7. The molecule has 2 N–H and O–H groups in total. The molecular weight excluding hydrogens is 367 g/mol. The minimum atomic E-state index is -0.146. The molecule has 1 aromatic carbocycles. The Morgan fingerprint density at radius 1 is 1.39 bits per heavy atom. The molecule has 100 valence electrons. The molecule has 0 heterocycles. The van der Waals surface area contributed by atoms with Gasteiger partial charge in [-0.3, -0.25) is 4.79 Å². The summed E-state index contributed by atoms with van der Waals surface area (Å²) in [7, 11) is 1.66. The number of rotatable bonds is 7. The highest BCUT2D eigenvalue weighted by Gasteiger charge is 2.09. The zero-order valence-electron chi connectivity index (χ0n) is 10.1. The highest BCUT2D eigenvalue weighted by atomic mass is 127. The van der Waals surface area contributed by atoms with Gasteiger partial charge in [-0.15, -0.1) is 0 Å². The van der Waals surface area contributed by atoms with E-state index in [0.717, 1.165) is 10.1 Å². The van der Waals surface area contributed by atoms with Crippen molar-refractivity contribution in [2.75, 3.05) is 33.4 Å². The van der Waals surface area contributed by atoms with Gasteiger partial charge in [-0.05, 0) is 40.8 Å². The van der Waals surface area contributed by atoms with E-state index in [4.69, 9.17) is 16.3 Å². The van der Waals surface area contributed by atoms with Gasteiger partial charge in [-0.2, -0.15) is 0 Å². The summed E-state index contributed by atoms with van der Waals surface area (Å²) in [5, 5.41) is 6.43. The van der Waals surface area contributed by atoms with Crippen LogP contribution >= 0.6 is 34.2 Å². The molecule has 0 aliphatic heterocycles. The van der Waals surface area contributed by atoms with Crippen LogP contribution in [-0.2, 0) is 4.74 Å². The number of methoxy groups -OCH3 is 1. The number of hydrogen-bond acceptors (Lipinski definition) is 3. The molecule has 0 saturated heterocycles. The lowest BCUT2D eigenvalue weighted by Gasteiger charge is -2.08. The molecular formula is C12H16ClIN2O2. The molecule has 0 aliphatic rings. The average Bonchev–Trinajstić information content (AvgIpc) is 2.36. The Kier molecular flexibility index (Phi) is 7.57. The number of halogens is 2. The fourth-order valence-electron chi connectivity index (χ4n) is 1.33. The monoisotopic (exact) mass is 382 g/mol. The predicted molar refractivity (Wildman–Crippen MR) is 81.2 cm³/mol. The van der Waals surface area contributed by atoms with E-state index in [0.29, 0.717) is 30.3 Å². The topological polar surface area (TPSA) is 50.4 Å². The van der Waals surface area contributed by atoms with Gasteiger partial charge in [0.1, 0.15) is 0 Å². The average molecular weight is 383 g/mol. The van der Waals surface area contributed by atoms with Crippen LogP contribution in [0.2, 0.25) is 5.02 Å². The molecule has 18 heavy (non-hydrogen) atoms. The minimum absolute atomic E-state index is 0.146. The van der Waals surface area contributed by atoms with Crippen LogP contribution in [0, 0.1) is 3.57 Å². The molecule has 6 heteroatoms. The normalized spacial score (nSPS) is 10.4. The van der Waals surface area contributed by atoms with Crippen LogP contribution in [0.1, 0.15) is 10.4 Å². The Morgan fingerprint density at radius 2 is 2.17 bits per heavy atom. The van der Waals surface area contributed by atoms with Crippen molar-refractivity contribution in [3.63, 3.8) is 0 Å². The van der Waals surface area contributed by atoms with E-state index < -0.39 is 0 Å². The Morgan fingerprint density at radius 3 is 2.89 bits per heavy atom. The Hall–Kier alpha value is -0.370. The van der Waals surface area contributed by atoms with Gasteiger partial charge in [0.15, 0.2) is 0 Å². The van der Waals surface area contributed by atoms with E-state index in [1.54, 1.807) is 19.2 Å². The summed E-state index contributed by atoms with van der Waals surface area (Å²) >= 11 is 8.13. The van der Waals surface area contributed by atoms with Crippen molar-refractivity contribution >= 4 is 40.1 Å². The van der Waals surface area contributed by atoms with Crippen LogP contribution < -0.4 is 10.6 Å². The molecule has 1 aromatic rings. The van der Waals surface area contributed by atoms with Gasteiger partial charge in [-0.1, -0.05) is 11.6 Å². The summed E-state index contributed by atoms with van der Waals surface area (Å²) in [5.41, 5.74) is 0.514. The Labute approximate surface area is 126 Å². The van der Waals surface area contributed by atoms with Crippen LogP contribution in [0.3, 0.4) is 0 Å². The second kappa shape index (κ2) is 8.68. The quantitative estimate of drug-likeness (QED) is 0.559. The zero-order valence-corrected chi connectivity index (χ0v) is 13.0. The Bertz CT molecular complexity index is 402. The molecule has 1 amide bonds. The van der Waals surface area contributed by atoms with Crippen LogP contribution in [0.25, 0.3) is 0 Å². The van der Waals surface area contributed by atoms with Gasteiger partial charge in [0.25, 0.3) is 5.91 Å². The lowest BCUT2D eigenvalue weighted by atomic mass is 10.2. The molecule has 0 fully saturated rings. The third kappa shape index (κ3) is 5.51. The first-order valence-corrected chi connectivity index (χ1v) is 7.03. The predicted octanol–water partition coefficient (Wildman–Crippen LogP) is 1.91. The van der Waals surface area contributed by atoms with E-state index in [2.05, 4.69) is 33.2 Å². The third-order valence-corrected chi connectivity index (χ3v) is 3.24. The number of amides is 1. The molecule has 0 unspecified atom stereocenters. The fraction of sp³-hybridized carbons (Fsp3) is 0.417. The molecule has 0 saturated carbocycles. The number of benzene rings is 1. The van der Waals surface area contributed by atoms with Crippen molar-refractivity contribution in [1.29, 1.82) is 0 Å². The summed E-state index contributed by atoms with van der Waals surface area (Å²) in [6, 6.07) is 5.37. The molecule has 0 spiro atoms. The van der Waals surface area contributed by atoms with Gasteiger partial charge in [0.05, 0.1) is 17.2 Å². The van der Waals surface area contributed by atoms with Crippen molar-refractivity contribution in [3.8, 4) is 0 Å². The summed E-state index contributed by atoms with van der Waals surface area (Å²) in [4.78, 5) is 11.9. The van der Waals surface area contributed by atoms with Gasteiger partial charge < -0.3 is 15.4 Å². The van der Waals surface area contributed by atoms with Gasteiger partial charge in [-0.25, -0.2) is 0 Å². The first-order valence-electron chi connectivity index (χ1n) is 5.58. The van der Waals surface area contributed by atoms with E-state index >= 15 is 0 Å². The number of carbonyl (C=O) groups is 1. The van der Waals surface area contributed by atoms with Crippen molar-refractivity contribution in [3.05, 3.63) is 32.4 Å². The molecule has 4 nitrogen and oxygen atoms in total. The van der Waals surface area contributed by atoms with E-state index in [1.807, 2.05) is 6.07 Å². The molecule has 0 aromatic heterocycles.